The predicted octanol–water partition coefficient (Wildman–Crippen LogP) is 5.18. The van der Waals surface area contributed by atoms with Gasteiger partial charge in [0.2, 0.25) is 11.8 Å². The summed E-state index contributed by atoms with van der Waals surface area (Å²) in [6, 6.07) is 12.6. The third-order valence-electron chi connectivity index (χ3n) is 4.80. The zero-order valence-corrected chi connectivity index (χ0v) is 18.7. The van der Waals surface area contributed by atoms with Crippen molar-refractivity contribution in [2.75, 3.05) is 6.54 Å². The number of carbonyl (C=O) groups is 2. The molecule has 2 amide bonds. The molecule has 0 spiro atoms. The number of nitrogens with zero attached hydrogens (tertiary/aromatic N) is 1. The van der Waals surface area contributed by atoms with Crippen molar-refractivity contribution in [1.29, 1.82) is 0 Å². The molecule has 6 heteroatoms. The third kappa shape index (κ3) is 6.48. The number of halogens is 2. The number of hydrogen-bond acceptors (Lipinski definition) is 2. The molecule has 0 saturated carbocycles. The summed E-state index contributed by atoms with van der Waals surface area (Å²) >= 11 is 12.5. The molecule has 2 rings (SSSR count). The standard InChI is InChI=1S/C23H28Cl2N2O2/c1-4-13-26-23(29)21(5-2)27(15-17-11-9-16(3)10-12-17)22(28)14-18-19(24)7-6-8-20(18)25/h6-12,21H,4-5,13-15H2,1-3H3,(H,26,29)/t21-/m0/s1. The van der Waals surface area contributed by atoms with Gasteiger partial charge >= 0.3 is 0 Å². The minimum Gasteiger partial charge on any atom is -0.354 e. The van der Waals surface area contributed by atoms with E-state index in [0.717, 1.165) is 17.5 Å². The zero-order chi connectivity index (χ0) is 21.4. The van der Waals surface area contributed by atoms with E-state index in [-0.39, 0.29) is 18.2 Å². The molecule has 2 aromatic carbocycles. The first-order chi connectivity index (χ1) is 13.9. The van der Waals surface area contributed by atoms with Gasteiger partial charge in [-0.15, -0.1) is 0 Å². The highest BCUT2D eigenvalue weighted by atomic mass is 35.5. The van der Waals surface area contributed by atoms with Crippen molar-refractivity contribution >= 4 is 35.0 Å². The van der Waals surface area contributed by atoms with Crippen LogP contribution in [0.25, 0.3) is 0 Å². The molecule has 1 atom stereocenters. The van der Waals surface area contributed by atoms with E-state index < -0.39 is 6.04 Å². The zero-order valence-electron chi connectivity index (χ0n) is 17.2. The van der Waals surface area contributed by atoms with Crippen LogP contribution < -0.4 is 5.32 Å². The fraction of sp³-hybridized carbons (Fsp3) is 0.391. The molecule has 2 aromatic rings. The Bertz CT molecular complexity index is 817. The van der Waals surface area contributed by atoms with Crippen molar-refractivity contribution in [2.24, 2.45) is 0 Å². The quantitative estimate of drug-likeness (QED) is 0.590. The molecule has 0 fully saturated rings. The van der Waals surface area contributed by atoms with Crippen LogP contribution in [0.3, 0.4) is 0 Å². The lowest BCUT2D eigenvalue weighted by atomic mass is 10.1. The van der Waals surface area contributed by atoms with Gasteiger partial charge in [0.25, 0.3) is 0 Å². The van der Waals surface area contributed by atoms with Crippen molar-refractivity contribution in [2.45, 2.75) is 52.6 Å². The molecule has 4 nitrogen and oxygen atoms in total. The molecule has 0 aliphatic carbocycles. The van der Waals surface area contributed by atoms with E-state index >= 15 is 0 Å². The van der Waals surface area contributed by atoms with Gasteiger partial charge in [0.1, 0.15) is 6.04 Å². The molecule has 0 radical (unpaired) electrons. The maximum absolute atomic E-state index is 13.3. The van der Waals surface area contributed by atoms with Crippen LogP contribution in [0.1, 0.15) is 43.4 Å². The first kappa shape index (κ1) is 23.2. The van der Waals surface area contributed by atoms with Crippen LogP contribution in [-0.2, 0) is 22.6 Å². The molecule has 0 heterocycles. The molecule has 0 saturated heterocycles. The smallest absolute Gasteiger partial charge is 0.242 e. The van der Waals surface area contributed by atoms with E-state index in [1.165, 1.54) is 0 Å². The van der Waals surface area contributed by atoms with Gasteiger partial charge in [-0.1, -0.05) is 72.9 Å². The highest BCUT2D eigenvalue weighted by Gasteiger charge is 2.29. The van der Waals surface area contributed by atoms with Gasteiger partial charge in [0.05, 0.1) is 6.42 Å². The van der Waals surface area contributed by atoms with Crippen molar-refractivity contribution in [3.8, 4) is 0 Å². The topological polar surface area (TPSA) is 49.4 Å². The summed E-state index contributed by atoms with van der Waals surface area (Å²) < 4.78 is 0. The molecule has 0 aliphatic rings. The van der Waals surface area contributed by atoms with Crippen molar-refractivity contribution in [3.05, 3.63) is 69.2 Å². The van der Waals surface area contributed by atoms with Gasteiger partial charge in [0.15, 0.2) is 0 Å². The van der Waals surface area contributed by atoms with Crippen LogP contribution in [0.2, 0.25) is 10.0 Å². The van der Waals surface area contributed by atoms with E-state index in [0.29, 0.717) is 35.1 Å². The number of aryl methyl sites for hydroxylation is 1. The Morgan fingerprint density at radius 3 is 2.21 bits per heavy atom. The van der Waals surface area contributed by atoms with Crippen LogP contribution >= 0.6 is 23.2 Å². The van der Waals surface area contributed by atoms with Crippen molar-refractivity contribution in [3.63, 3.8) is 0 Å². The second kappa shape index (κ2) is 11.2. The minimum atomic E-state index is -0.559. The Morgan fingerprint density at radius 2 is 1.66 bits per heavy atom. The highest BCUT2D eigenvalue weighted by Crippen LogP contribution is 2.26. The highest BCUT2D eigenvalue weighted by molar-refractivity contribution is 6.36. The third-order valence-corrected chi connectivity index (χ3v) is 5.51. The number of carbonyl (C=O) groups excluding carboxylic acids is 2. The number of amides is 2. The Hall–Kier alpha value is -2.04. The Kier molecular flexibility index (Phi) is 8.99. The maximum atomic E-state index is 13.3. The van der Waals surface area contributed by atoms with Gasteiger partial charge in [-0.2, -0.15) is 0 Å². The molecular weight excluding hydrogens is 407 g/mol. The number of nitrogens with one attached hydrogen (secondary N) is 1. The van der Waals surface area contributed by atoms with Crippen LogP contribution in [0.4, 0.5) is 0 Å². The molecule has 0 aromatic heterocycles. The van der Waals surface area contributed by atoms with E-state index in [2.05, 4.69) is 5.32 Å². The Morgan fingerprint density at radius 1 is 1.03 bits per heavy atom. The Balaban J connectivity index is 2.32. The van der Waals surface area contributed by atoms with Gasteiger partial charge in [-0.25, -0.2) is 0 Å². The van der Waals surface area contributed by atoms with Gasteiger partial charge in [-0.05, 0) is 43.0 Å². The Labute approximate surface area is 183 Å². The summed E-state index contributed by atoms with van der Waals surface area (Å²) in [5.41, 5.74) is 2.69. The molecule has 156 valence electrons. The lowest BCUT2D eigenvalue weighted by Gasteiger charge is -2.31. The summed E-state index contributed by atoms with van der Waals surface area (Å²) in [7, 11) is 0. The molecular formula is C23H28Cl2N2O2. The first-order valence-electron chi connectivity index (χ1n) is 9.92. The summed E-state index contributed by atoms with van der Waals surface area (Å²) in [6.45, 7) is 6.85. The molecule has 1 N–H and O–H groups in total. The average molecular weight is 435 g/mol. The minimum absolute atomic E-state index is 0.0436. The fourth-order valence-electron chi connectivity index (χ4n) is 3.13. The van der Waals surface area contributed by atoms with Crippen LogP contribution in [0.5, 0.6) is 0 Å². The van der Waals surface area contributed by atoms with Gasteiger partial charge in [0, 0.05) is 23.1 Å². The van der Waals surface area contributed by atoms with Gasteiger partial charge in [-0.3, -0.25) is 9.59 Å². The van der Waals surface area contributed by atoms with Crippen LogP contribution in [0.15, 0.2) is 42.5 Å². The summed E-state index contributed by atoms with van der Waals surface area (Å²) in [5.74, 6) is -0.320. The van der Waals surface area contributed by atoms with Crippen LogP contribution in [0, 0.1) is 6.92 Å². The van der Waals surface area contributed by atoms with E-state index in [9.17, 15) is 9.59 Å². The van der Waals surface area contributed by atoms with Crippen molar-refractivity contribution < 1.29 is 9.59 Å². The van der Waals surface area contributed by atoms with E-state index in [1.807, 2.05) is 45.0 Å². The molecule has 29 heavy (non-hydrogen) atoms. The second-order valence-electron chi connectivity index (χ2n) is 7.10. The fourth-order valence-corrected chi connectivity index (χ4v) is 3.66. The summed E-state index contributed by atoms with van der Waals surface area (Å²) in [5, 5.41) is 3.81. The lowest BCUT2D eigenvalue weighted by molar-refractivity contribution is -0.140. The van der Waals surface area contributed by atoms with E-state index in [4.69, 9.17) is 23.2 Å². The molecule has 0 bridgehead atoms. The van der Waals surface area contributed by atoms with E-state index in [1.54, 1.807) is 23.1 Å². The second-order valence-corrected chi connectivity index (χ2v) is 7.91. The lowest BCUT2D eigenvalue weighted by Crippen LogP contribution is -2.49. The van der Waals surface area contributed by atoms with Crippen LogP contribution in [-0.4, -0.2) is 29.3 Å². The predicted molar refractivity (Wildman–Crippen MR) is 119 cm³/mol. The number of hydrogen-bond donors (Lipinski definition) is 1. The van der Waals surface area contributed by atoms with Gasteiger partial charge < -0.3 is 10.2 Å². The SMILES string of the molecule is CCCNC(=O)[C@H](CC)N(Cc1ccc(C)cc1)C(=O)Cc1c(Cl)cccc1Cl. The normalized spacial score (nSPS) is 11.8. The average Bonchev–Trinajstić information content (AvgIpc) is 2.70. The number of rotatable bonds is 9. The summed E-state index contributed by atoms with van der Waals surface area (Å²) in [6.07, 6.45) is 1.40. The summed E-state index contributed by atoms with van der Waals surface area (Å²) in [4.78, 5) is 27.7. The number of benzene rings is 2. The largest absolute Gasteiger partial charge is 0.354 e. The van der Waals surface area contributed by atoms with Crippen molar-refractivity contribution in [1.82, 2.24) is 10.2 Å². The maximum Gasteiger partial charge on any atom is 0.242 e. The molecule has 0 aliphatic heterocycles. The first-order valence-corrected chi connectivity index (χ1v) is 10.7. The monoisotopic (exact) mass is 434 g/mol. The molecule has 0 unspecified atom stereocenters.